The quantitative estimate of drug-likeness (QED) is 0.818. The highest BCUT2D eigenvalue weighted by atomic mass is 35.5. The summed E-state index contributed by atoms with van der Waals surface area (Å²) in [7, 11) is 1.61. The van der Waals surface area contributed by atoms with Crippen molar-refractivity contribution in [2.45, 2.75) is 6.42 Å². The van der Waals surface area contributed by atoms with E-state index in [1.54, 1.807) is 25.3 Å². The van der Waals surface area contributed by atoms with Crippen LogP contribution in [0.1, 0.15) is 6.42 Å². The van der Waals surface area contributed by atoms with Crippen molar-refractivity contribution in [1.29, 1.82) is 0 Å². The first-order valence-electron chi connectivity index (χ1n) is 6.70. The molecule has 116 valence electrons. The maximum Gasteiger partial charge on any atom is 0.226 e. The summed E-state index contributed by atoms with van der Waals surface area (Å²) in [5.41, 5.74) is 1.49. The largest absolute Gasteiger partial charge is 0.497 e. The summed E-state index contributed by atoms with van der Waals surface area (Å²) in [6.07, 6.45) is 0.321. The van der Waals surface area contributed by atoms with Crippen LogP contribution in [0.3, 0.4) is 0 Å². The molecule has 2 aromatic carbocycles. The molecule has 0 bridgehead atoms. The van der Waals surface area contributed by atoms with Gasteiger partial charge in [-0.15, -0.1) is 0 Å². The Morgan fingerprint density at radius 2 is 1.82 bits per heavy atom. The smallest absolute Gasteiger partial charge is 0.226 e. The minimum atomic E-state index is -0.117. The molecule has 0 saturated heterocycles. The van der Waals surface area contributed by atoms with Gasteiger partial charge in [0.1, 0.15) is 5.75 Å². The van der Waals surface area contributed by atoms with Crippen LogP contribution in [0, 0.1) is 0 Å². The maximum absolute atomic E-state index is 11.9. The van der Waals surface area contributed by atoms with Gasteiger partial charge in [0.2, 0.25) is 5.91 Å². The lowest BCUT2D eigenvalue weighted by Crippen LogP contribution is -2.16. The van der Waals surface area contributed by atoms with Crippen LogP contribution in [0.4, 0.5) is 11.4 Å². The van der Waals surface area contributed by atoms with Crippen molar-refractivity contribution in [2.75, 3.05) is 24.3 Å². The van der Waals surface area contributed by atoms with E-state index in [9.17, 15) is 4.79 Å². The summed E-state index contributed by atoms with van der Waals surface area (Å²) in [6, 6.07) is 12.5. The molecule has 0 atom stereocenters. The zero-order chi connectivity index (χ0) is 15.9. The predicted octanol–water partition coefficient (Wildman–Crippen LogP) is 4.44. The highest BCUT2D eigenvalue weighted by molar-refractivity contribution is 6.35. The minimum absolute atomic E-state index is 0.117. The molecule has 0 aliphatic heterocycles. The van der Waals surface area contributed by atoms with Crippen molar-refractivity contribution in [3.63, 3.8) is 0 Å². The van der Waals surface area contributed by atoms with Crippen LogP contribution < -0.4 is 15.4 Å². The summed E-state index contributed by atoms with van der Waals surface area (Å²) in [5, 5.41) is 6.89. The van der Waals surface area contributed by atoms with E-state index in [2.05, 4.69) is 10.6 Å². The lowest BCUT2D eigenvalue weighted by Gasteiger charge is -2.09. The second kappa shape index (κ2) is 7.92. The van der Waals surface area contributed by atoms with Crippen molar-refractivity contribution in [2.24, 2.45) is 0 Å². The van der Waals surface area contributed by atoms with Gasteiger partial charge in [0.05, 0.1) is 7.11 Å². The van der Waals surface area contributed by atoms with Gasteiger partial charge in [0.15, 0.2) is 0 Å². The van der Waals surface area contributed by atoms with Gasteiger partial charge in [-0.05, 0) is 30.3 Å². The summed E-state index contributed by atoms with van der Waals surface area (Å²) >= 11 is 11.8. The fraction of sp³-hybridized carbons (Fsp3) is 0.188. The van der Waals surface area contributed by atoms with Crippen LogP contribution in [-0.4, -0.2) is 19.6 Å². The summed E-state index contributed by atoms with van der Waals surface area (Å²) in [5.74, 6) is 0.650. The molecule has 0 aromatic heterocycles. The zero-order valence-electron chi connectivity index (χ0n) is 12.0. The normalized spacial score (nSPS) is 10.1. The number of hydrogen-bond acceptors (Lipinski definition) is 3. The van der Waals surface area contributed by atoms with E-state index in [0.29, 0.717) is 28.7 Å². The van der Waals surface area contributed by atoms with E-state index in [-0.39, 0.29) is 5.91 Å². The van der Waals surface area contributed by atoms with Gasteiger partial charge in [-0.3, -0.25) is 4.79 Å². The van der Waals surface area contributed by atoms with Gasteiger partial charge in [-0.25, -0.2) is 0 Å². The molecule has 0 unspecified atom stereocenters. The molecule has 0 heterocycles. The number of amides is 1. The molecule has 2 rings (SSSR count). The third kappa shape index (κ3) is 5.13. The Morgan fingerprint density at radius 1 is 1.09 bits per heavy atom. The maximum atomic E-state index is 11.9. The molecule has 2 aromatic rings. The van der Waals surface area contributed by atoms with Gasteiger partial charge < -0.3 is 15.4 Å². The second-order valence-corrected chi connectivity index (χ2v) is 5.49. The molecular weight excluding hydrogens is 323 g/mol. The zero-order valence-corrected chi connectivity index (χ0v) is 13.5. The predicted molar refractivity (Wildman–Crippen MR) is 91.2 cm³/mol. The minimum Gasteiger partial charge on any atom is -0.497 e. The van der Waals surface area contributed by atoms with Gasteiger partial charge in [-0.2, -0.15) is 0 Å². The topological polar surface area (TPSA) is 50.4 Å². The molecule has 22 heavy (non-hydrogen) atoms. The van der Waals surface area contributed by atoms with E-state index in [1.165, 1.54) is 0 Å². The molecule has 4 nitrogen and oxygen atoms in total. The lowest BCUT2D eigenvalue weighted by atomic mass is 10.2. The Hall–Kier alpha value is -1.91. The standard InChI is InChI=1S/C16H16Cl2N2O2/c1-22-15-4-2-3-13(10-15)19-6-5-16(21)20-14-8-11(17)7-12(18)9-14/h2-4,7-10,19H,5-6H2,1H3,(H,20,21). The van der Waals surface area contributed by atoms with Gasteiger partial charge >= 0.3 is 0 Å². The number of hydrogen-bond donors (Lipinski definition) is 2. The highest BCUT2D eigenvalue weighted by Gasteiger charge is 2.04. The van der Waals surface area contributed by atoms with E-state index in [4.69, 9.17) is 27.9 Å². The van der Waals surface area contributed by atoms with E-state index < -0.39 is 0 Å². The molecule has 0 saturated carbocycles. The first-order valence-corrected chi connectivity index (χ1v) is 7.46. The number of carbonyl (C=O) groups is 1. The second-order valence-electron chi connectivity index (χ2n) is 4.62. The monoisotopic (exact) mass is 338 g/mol. The molecule has 2 N–H and O–H groups in total. The van der Waals surface area contributed by atoms with Crippen molar-refractivity contribution < 1.29 is 9.53 Å². The summed E-state index contributed by atoms with van der Waals surface area (Å²) in [4.78, 5) is 11.9. The molecule has 0 radical (unpaired) electrons. The Balaban J connectivity index is 1.82. The third-order valence-electron chi connectivity index (χ3n) is 2.90. The Bertz CT molecular complexity index is 642. The summed E-state index contributed by atoms with van der Waals surface area (Å²) < 4.78 is 5.14. The Kier molecular flexibility index (Phi) is 5.92. The lowest BCUT2D eigenvalue weighted by molar-refractivity contribution is -0.115. The average molecular weight is 339 g/mol. The number of benzene rings is 2. The van der Waals surface area contributed by atoms with Crippen LogP contribution in [0.5, 0.6) is 5.75 Å². The molecule has 0 aliphatic rings. The van der Waals surface area contributed by atoms with Crippen LogP contribution in [0.25, 0.3) is 0 Å². The number of halogens is 2. The Labute approximate surface area is 139 Å². The van der Waals surface area contributed by atoms with Crippen LogP contribution in [0.15, 0.2) is 42.5 Å². The van der Waals surface area contributed by atoms with E-state index in [1.807, 2.05) is 24.3 Å². The van der Waals surface area contributed by atoms with Crippen LogP contribution >= 0.6 is 23.2 Å². The van der Waals surface area contributed by atoms with Crippen molar-refractivity contribution in [3.05, 3.63) is 52.5 Å². The van der Waals surface area contributed by atoms with Gasteiger partial charge in [-0.1, -0.05) is 29.3 Å². The van der Waals surface area contributed by atoms with Crippen molar-refractivity contribution in [3.8, 4) is 5.75 Å². The fourth-order valence-electron chi connectivity index (χ4n) is 1.90. The van der Waals surface area contributed by atoms with Crippen LogP contribution in [0.2, 0.25) is 10.0 Å². The number of nitrogens with one attached hydrogen (secondary N) is 2. The Morgan fingerprint density at radius 3 is 2.50 bits per heavy atom. The summed E-state index contributed by atoms with van der Waals surface area (Å²) in [6.45, 7) is 0.507. The van der Waals surface area contributed by atoms with E-state index >= 15 is 0 Å². The van der Waals surface area contributed by atoms with Crippen molar-refractivity contribution in [1.82, 2.24) is 0 Å². The number of rotatable bonds is 6. The number of methoxy groups -OCH3 is 1. The molecule has 0 fully saturated rings. The molecule has 0 aliphatic carbocycles. The molecular formula is C16H16Cl2N2O2. The fourth-order valence-corrected chi connectivity index (χ4v) is 2.43. The average Bonchev–Trinajstić information content (AvgIpc) is 2.46. The van der Waals surface area contributed by atoms with Gasteiger partial charge in [0, 0.05) is 40.5 Å². The first kappa shape index (κ1) is 16.5. The highest BCUT2D eigenvalue weighted by Crippen LogP contribution is 2.22. The number of ether oxygens (including phenoxy) is 1. The molecule has 1 amide bonds. The van der Waals surface area contributed by atoms with Crippen LogP contribution in [-0.2, 0) is 4.79 Å². The van der Waals surface area contributed by atoms with Crippen molar-refractivity contribution >= 4 is 40.5 Å². The van der Waals surface area contributed by atoms with E-state index in [0.717, 1.165) is 11.4 Å². The number of carbonyl (C=O) groups excluding carboxylic acids is 1. The molecule has 0 spiro atoms. The molecule has 6 heteroatoms. The third-order valence-corrected chi connectivity index (χ3v) is 3.33. The number of anilines is 2. The van der Waals surface area contributed by atoms with Gasteiger partial charge in [0.25, 0.3) is 0 Å². The SMILES string of the molecule is COc1cccc(NCCC(=O)Nc2cc(Cl)cc(Cl)c2)c1. The first-order chi connectivity index (χ1) is 10.6.